The molecule has 1 N–H and O–H groups in total. The summed E-state index contributed by atoms with van der Waals surface area (Å²) in [7, 11) is 0. The lowest BCUT2D eigenvalue weighted by atomic mass is 9.98. The Morgan fingerprint density at radius 2 is 2.56 bits per heavy atom. The molecule has 1 aromatic heterocycles. The molecule has 1 atom stereocenters. The normalized spacial score (nSPS) is 22.4. The maximum atomic E-state index is 4.75. The first-order valence-corrected chi connectivity index (χ1v) is 6.06. The zero-order chi connectivity index (χ0) is 11.2. The van der Waals surface area contributed by atoms with Crippen LogP contribution < -0.4 is 5.32 Å². The molecule has 1 unspecified atom stereocenters. The second kappa shape index (κ2) is 5.96. The van der Waals surface area contributed by atoms with Crippen LogP contribution in [0.5, 0.6) is 0 Å². The molecule has 1 aliphatic heterocycles. The van der Waals surface area contributed by atoms with E-state index in [1.807, 2.05) is 0 Å². The summed E-state index contributed by atoms with van der Waals surface area (Å²) in [6.45, 7) is 7.44. The first-order chi connectivity index (χ1) is 7.88. The highest BCUT2D eigenvalue weighted by atomic mass is 16.5. The Kier molecular flexibility index (Phi) is 4.30. The zero-order valence-corrected chi connectivity index (χ0v) is 9.85. The lowest BCUT2D eigenvalue weighted by molar-refractivity contribution is 0.161. The standard InChI is InChI=1S/C11H20N4O/c1-2-12-6-10-4-3-5-15(7-10)8-11-13-9-16-14-11/h9-10,12H,2-8H2,1H3. The summed E-state index contributed by atoms with van der Waals surface area (Å²) in [5, 5.41) is 7.28. The van der Waals surface area contributed by atoms with Crippen molar-refractivity contribution < 1.29 is 4.52 Å². The third kappa shape index (κ3) is 3.28. The van der Waals surface area contributed by atoms with Gasteiger partial charge in [-0.3, -0.25) is 4.90 Å². The minimum absolute atomic E-state index is 0.764. The van der Waals surface area contributed by atoms with Crippen LogP contribution in [0.4, 0.5) is 0 Å². The predicted octanol–water partition coefficient (Wildman–Crippen LogP) is 0.891. The molecule has 0 spiro atoms. The van der Waals surface area contributed by atoms with Gasteiger partial charge in [0.2, 0.25) is 6.39 Å². The summed E-state index contributed by atoms with van der Waals surface area (Å²) in [5.41, 5.74) is 0. The molecule has 5 nitrogen and oxygen atoms in total. The van der Waals surface area contributed by atoms with E-state index >= 15 is 0 Å². The van der Waals surface area contributed by atoms with Crippen LogP contribution in [-0.4, -0.2) is 41.2 Å². The first-order valence-electron chi connectivity index (χ1n) is 6.06. The average Bonchev–Trinajstić information content (AvgIpc) is 2.80. The van der Waals surface area contributed by atoms with Crippen molar-refractivity contribution in [3.8, 4) is 0 Å². The highest BCUT2D eigenvalue weighted by Crippen LogP contribution is 2.16. The van der Waals surface area contributed by atoms with Crippen LogP contribution in [0.2, 0.25) is 0 Å². The molecular formula is C11H20N4O. The molecule has 2 rings (SSSR count). The molecule has 0 saturated carbocycles. The van der Waals surface area contributed by atoms with Gasteiger partial charge in [-0.05, 0) is 38.4 Å². The van der Waals surface area contributed by atoms with Gasteiger partial charge in [0, 0.05) is 6.54 Å². The Morgan fingerprint density at radius 3 is 3.31 bits per heavy atom. The smallest absolute Gasteiger partial charge is 0.213 e. The molecule has 2 heterocycles. The Morgan fingerprint density at radius 1 is 1.62 bits per heavy atom. The van der Waals surface area contributed by atoms with Crippen molar-refractivity contribution in [1.29, 1.82) is 0 Å². The van der Waals surface area contributed by atoms with E-state index in [0.717, 1.165) is 44.5 Å². The van der Waals surface area contributed by atoms with Gasteiger partial charge < -0.3 is 9.84 Å². The SMILES string of the molecule is CCNCC1CCCN(Cc2ncon2)C1. The Bertz CT molecular complexity index is 288. The summed E-state index contributed by atoms with van der Waals surface area (Å²) < 4.78 is 4.75. The number of piperidine rings is 1. The van der Waals surface area contributed by atoms with Crippen molar-refractivity contribution in [3.63, 3.8) is 0 Å². The molecule has 0 radical (unpaired) electrons. The van der Waals surface area contributed by atoms with Gasteiger partial charge in [-0.25, -0.2) is 0 Å². The summed E-state index contributed by atoms with van der Waals surface area (Å²) in [6, 6.07) is 0. The van der Waals surface area contributed by atoms with Gasteiger partial charge in [-0.1, -0.05) is 12.1 Å². The van der Waals surface area contributed by atoms with Crippen molar-refractivity contribution in [2.24, 2.45) is 5.92 Å². The third-order valence-corrected chi connectivity index (χ3v) is 3.06. The maximum Gasteiger partial charge on any atom is 0.213 e. The van der Waals surface area contributed by atoms with Gasteiger partial charge in [0.15, 0.2) is 5.82 Å². The van der Waals surface area contributed by atoms with Crippen LogP contribution in [0.3, 0.4) is 0 Å². The molecule has 0 amide bonds. The predicted molar refractivity (Wildman–Crippen MR) is 60.8 cm³/mol. The van der Waals surface area contributed by atoms with E-state index in [2.05, 4.69) is 27.3 Å². The molecule has 90 valence electrons. The fourth-order valence-corrected chi connectivity index (χ4v) is 2.27. The number of aromatic nitrogens is 2. The number of nitrogens with one attached hydrogen (secondary N) is 1. The van der Waals surface area contributed by atoms with Crippen molar-refractivity contribution in [1.82, 2.24) is 20.4 Å². The minimum atomic E-state index is 0.764. The van der Waals surface area contributed by atoms with E-state index in [1.165, 1.54) is 19.2 Å². The van der Waals surface area contributed by atoms with E-state index in [-0.39, 0.29) is 0 Å². The number of hydrogen-bond donors (Lipinski definition) is 1. The van der Waals surface area contributed by atoms with Crippen LogP contribution >= 0.6 is 0 Å². The van der Waals surface area contributed by atoms with Crippen molar-refractivity contribution >= 4 is 0 Å². The fraction of sp³-hybridized carbons (Fsp3) is 0.818. The molecule has 0 aliphatic carbocycles. The first kappa shape index (κ1) is 11.5. The van der Waals surface area contributed by atoms with Crippen LogP contribution in [0.25, 0.3) is 0 Å². The second-order valence-corrected chi connectivity index (χ2v) is 4.40. The molecule has 16 heavy (non-hydrogen) atoms. The average molecular weight is 224 g/mol. The summed E-state index contributed by atoms with van der Waals surface area (Å²) in [5.74, 6) is 1.56. The quantitative estimate of drug-likeness (QED) is 0.805. The van der Waals surface area contributed by atoms with E-state index in [0.29, 0.717) is 0 Å². The fourth-order valence-electron chi connectivity index (χ4n) is 2.27. The van der Waals surface area contributed by atoms with Gasteiger partial charge in [0.05, 0.1) is 6.54 Å². The van der Waals surface area contributed by atoms with Crippen molar-refractivity contribution in [2.75, 3.05) is 26.2 Å². The molecule has 1 fully saturated rings. The summed E-state index contributed by atoms with van der Waals surface area (Å²) in [6.07, 6.45) is 4.00. The van der Waals surface area contributed by atoms with Gasteiger partial charge in [0.25, 0.3) is 0 Å². The number of nitrogens with zero attached hydrogens (tertiary/aromatic N) is 3. The van der Waals surface area contributed by atoms with Crippen molar-refractivity contribution in [3.05, 3.63) is 12.2 Å². The van der Waals surface area contributed by atoms with Crippen LogP contribution in [0.15, 0.2) is 10.9 Å². The van der Waals surface area contributed by atoms with Gasteiger partial charge in [-0.2, -0.15) is 4.98 Å². The molecule has 1 aromatic rings. The molecule has 5 heteroatoms. The molecule has 0 bridgehead atoms. The minimum Gasteiger partial charge on any atom is -0.343 e. The van der Waals surface area contributed by atoms with E-state index in [1.54, 1.807) is 0 Å². The highest BCUT2D eigenvalue weighted by Gasteiger charge is 2.20. The lowest BCUT2D eigenvalue weighted by Crippen LogP contribution is -2.39. The number of likely N-dealkylation sites (tertiary alicyclic amines) is 1. The monoisotopic (exact) mass is 224 g/mol. The Hall–Kier alpha value is -0.940. The van der Waals surface area contributed by atoms with Gasteiger partial charge in [-0.15, -0.1) is 0 Å². The zero-order valence-electron chi connectivity index (χ0n) is 9.85. The third-order valence-electron chi connectivity index (χ3n) is 3.06. The Balaban J connectivity index is 1.77. The van der Waals surface area contributed by atoms with Crippen molar-refractivity contribution in [2.45, 2.75) is 26.3 Å². The van der Waals surface area contributed by atoms with E-state index < -0.39 is 0 Å². The topological polar surface area (TPSA) is 54.2 Å². The van der Waals surface area contributed by atoms with Crippen LogP contribution in [0.1, 0.15) is 25.6 Å². The van der Waals surface area contributed by atoms with E-state index in [4.69, 9.17) is 4.52 Å². The molecule has 1 saturated heterocycles. The van der Waals surface area contributed by atoms with Gasteiger partial charge in [0.1, 0.15) is 0 Å². The molecule has 0 aromatic carbocycles. The maximum absolute atomic E-state index is 4.75. The van der Waals surface area contributed by atoms with E-state index in [9.17, 15) is 0 Å². The Labute approximate surface area is 96.2 Å². The highest BCUT2D eigenvalue weighted by molar-refractivity contribution is 4.82. The summed E-state index contributed by atoms with van der Waals surface area (Å²) >= 11 is 0. The summed E-state index contributed by atoms with van der Waals surface area (Å²) in [4.78, 5) is 6.48. The van der Waals surface area contributed by atoms with Crippen LogP contribution in [-0.2, 0) is 6.54 Å². The van der Waals surface area contributed by atoms with Gasteiger partial charge >= 0.3 is 0 Å². The lowest BCUT2D eigenvalue weighted by Gasteiger charge is -2.31. The largest absolute Gasteiger partial charge is 0.343 e. The second-order valence-electron chi connectivity index (χ2n) is 4.40. The molecular weight excluding hydrogens is 204 g/mol. The number of rotatable bonds is 5. The van der Waals surface area contributed by atoms with Crippen LogP contribution in [0, 0.1) is 5.92 Å². The molecule has 1 aliphatic rings. The number of hydrogen-bond acceptors (Lipinski definition) is 5.